The first-order chi connectivity index (χ1) is 7.11. The summed E-state index contributed by atoms with van der Waals surface area (Å²) in [7, 11) is 0. The molecule has 0 saturated heterocycles. The summed E-state index contributed by atoms with van der Waals surface area (Å²) in [6.07, 6.45) is 0.804. The lowest BCUT2D eigenvalue weighted by atomic mass is 10.2. The number of alkyl halides is 1. The summed E-state index contributed by atoms with van der Waals surface area (Å²) in [6, 6.07) is 4.18. The van der Waals surface area contributed by atoms with Crippen molar-refractivity contribution >= 4 is 11.6 Å². The first-order valence-corrected chi connectivity index (χ1v) is 5.32. The molecule has 0 aliphatic heterocycles. The van der Waals surface area contributed by atoms with Crippen molar-refractivity contribution in [3.63, 3.8) is 0 Å². The van der Waals surface area contributed by atoms with E-state index in [9.17, 15) is 8.78 Å². The fourth-order valence-electron chi connectivity index (χ4n) is 1.21. The van der Waals surface area contributed by atoms with Gasteiger partial charge in [-0.25, -0.2) is 8.78 Å². The van der Waals surface area contributed by atoms with Crippen molar-refractivity contribution in [2.45, 2.75) is 25.3 Å². The molecule has 84 valence electrons. The van der Waals surface area contributed by atoms with Gasteiger partial charge < -0.3 is 5.32 Å². The van der Waals surface area contributed by atoms with Crippen molar-refractivity contribution in [1.82, 2.24) is 5.32 Å². The van der Waals surface area contributed by atoms with Gasteiger partial charge in [-0.3, -0.25) is 0 Å². The largest absolute Gasteiger partial charge is 0.313 e. The van der Waals surface area contributed by atoms with Crippen LogP contribution in [0, 0.1) is 11.6 Å². The van der Waals surface area contributed by atoms with E-state index in [4.69, 9.17) is 11.6 Å². The van der Waals surface area contributed by atoms with E-state index in [1.807, 2.05) is 6.92 Å². The van der Waals surface area contributed by atoms with E-state index in [1.54, 1.807) is 6.07 Å². The summed E-state index contributed by atoms with van der Waals surface area (Å²) >= 11 is 5.74. The van der Waals surface area contributed by atoms with Crippen molar-refractivity contribution in [2.75, 3.05) is 6.54 Å². The summed E-state index contributed by atoms with van der Waals surface area (Å²) in [4.78, 5) is 0. The third-order valence-corrected chi connectivity index (χ3v) is 2.28. The van der Waals surface area contributed by atoms with Gasteiger partial charge in [-0.2, -0.15) is 0 Å². The van der Waals surface area contributed by atoms with Gasteiger partial charge in [-0.05, 0) is 26.0 Å². The van der Waals surface area contributed by atoms with E-state index in [2.05, 4.69) is 5.32 Å². The SMILES string of the molecule is CC(Cl)CCNCc1cccc(F)c1F. The van der Waals surface area contributed by atoms with Crippen molar-refractivity contribution in [3.05, 3.63) is 35.4 Å². The fourth-order valence-corrected chi connectivity index (χ4v) is 1.32. The Balaban J connectivity index is 2.41. The number of rotatable bonds is 5. The molecule has 1 aromatic rings. The summed E-state index contributed by atoms with van der Waals surface area (Å²) in [5.41, 5.74) is 0.345. The quantitative estimate of drug-likeness (QED) is 0.609. The maximum atomic E-state index is 13.1. The highest BCUT2D eigenvalue weighted by Gasteiger charge is 2.06. The smallest absolute Gasteiger partial charge is 0.163 e. The first-order valence-electron chi connectivity index (χ1n) is 4.89. The molecule has 0 aromatic heterocycles. The lowest BCUT2D eigenvalue weighted by molar-refractivity contribution is 0.492. The third kappa shape index (κ3) is 4.14. The van der Waals surface area contributed by atoms with Gasteiger partial charge in [-0.15, -0.1) is 11.6 Å². The second kappa shape index (κ2) is 6.03. The Morgan fingerprint density at radius 1 is 1.40 bits per heavy atom. The lowest BCUT2D eigenvalue weighted by Crippen LogP contribution is -2.18. The van der Waals surface area contributed by atoms with Gasteiger partial charge in [0.15, 0.2) is 11.6 Å². The van der Waals surface area contributed by atoms with E-state index in [1.165, 1.54) is 6.07 Å². The fraction of sp³-hybridized carbons (Fsp3) is 0.455. The van der Waals surface area contributed by atoms with Gasteiger partial charge in [0.1, 0.15) is 0 Å². The zero-order chi connectivity index (χ0) is 11.3. The molecule has 0 heterocycles. The second-order valence-corrected chi connectivity index (χ2v) is 4.20. The van der Waals surface area contributed by atoms with Crippen LogP contribution in [0.3, 0.4) is 0 Å². The molecule has 0 aliphatic rings. The van der Waals surface area contributed by atoms with Crippen molar-refractivity contribution < 1.29 is 8.78 Å². The van der Waals surface area contributed by atoms with Gasteiger partial charge in [0.2, 0.25) is 0 Å². The zero-order valence-corrected chi connectivity index (χ0v) is 9.32. The molecule has 1 aromatic carbocycles. The Morgan fingerprint density at radius 2 is 2.13 bits per heavy atom. The summed E-state index contributed by atoms with van der Waals surface area (Å²) < 4.78 is 25.9. The Kier molecular flexibility index (Phi) is 4.99. The van der Waals surface area contributed by atoms with Crippen LogP contribution >= 0.6 is 11.6 Å². The monoisotopic (exact) mass is 233 g/mol. The van der Waals surface area contributed by atoms with Crippen LogP contribution in [0.25, 0.3) is 0 Å². The minimum atomic E-state index is -0.806. The number of hydrogen-bond acceptors (Lipinski definition) is 1. The predicted molar refractivity (Wildman–Crippen MR) is 58.0 cm³/mol. The summed E-state index contributed by atoms with van der Waals surface area (Å²) in [6.45, 7) is 2.92. The molecule has 1 unspecified atom stereocenters. The standard InChI is InChI=1S/C11H14ClF2N/c1-8(12)5-6-15-7-9-3-2-4-10(13)11(9)14/h2-4,8,15H,5-7H2,1H3. The van der Waals surface area contributed by atoms with Gasteiger partial charge in [0.05, 0.1) is 0 Å². The Hall–Kier alpha value is -0.670. The minimum absolute atomic E-state index is 0.0925. The number of benzene rings is 1. The Labute approximate surface area is 93.4 Å². The van der Waals surface area contributed by atoms with Crippen LogP contribution in [-0.4, -0.2) is 11.9 Å². The van der Waals surface area contributed by atoms with Crippen LogP contribution in [0.5, 0.6) is 0 Å². The van der Waals surface area contributed by atoms with Gasteiger partial charge in [-0.1, -0.05) is 12.1 Å². The van der Waals surface area contributed by atoms with Crippen molar-refractivity contribution in [1.29, 1.82) is 0 Å². The molecular formula is C11H14ClF2N. The van der Waals surface area contributed by atoms with Gasteiger partial charge in [0.25, 0.3) is 0 Å². The predicted octanol–water partition coefficient (Wildman–Crippen LogP) is 3.07. The molecule has 4 heteroatoms. The molecule has 1 N–H and O–H groups in total. The van der Waals surface area contributed by atoms with Crippen LogP contribution in [0.4, 0.5) is 8.78 Å². The first kappa shape index (κ1) is 12.4. The van der Waals surface area contributed by atoms with Crippen LogP contribution < -0.4 is 5.32 Å². The Morgan fingerprint density at radius 3 is 2.80 bits per heavy atom. The van der Waals surface area contributed by atoms with Gasteiger partial charge >= 0.3 is 0 Å². The highest BCUT2D eigenvalue weighted by molar-refractivity contribution is 6.20. The zero-order valence-electron chi connectivity index (χ0n) is 8.56. The van der Waals surface area contributed by atoms with E-state index < -0.39 is 11.6 Å². The maximum absolute atomic E-state index is 13.1. The van der Waals surface area contributed by atoms with E-state index in [-0.39, 0.29) is 5.38 Å². The maximum Gasteiger partial charge on any atom is 0.163 e. The van der Waals surface area contributed by atoms with Gasteiger partial charge in [0, 0.05) is 17.5 Å². The van der Waals surface area contributed by atoms with Crippen molar-refractivity contribution in [3.8, 4) is 0 Å². The molecule has 15 heavy (non-hydrogen) atoms. The molecule has 1 atom stereocenters. The van der Waals surface area contributed by atoms with Crippen molar-refractivity contribution in [2.24, 2.45) is 0 Å². The highest BCUT2D eigenvalue weighted by Crippen LogP contribution is 2.10. The Bertz CT molecular complexity index is 315. The number of nitrogens with one attached hydrogen (secondary N) is 1. The summed E-state index contributed by atoms with van der Waals surface area (Å²) in [5, 5.41) is 3.10. The van der Waals surface area contributed by atoms with E-state index in [0.29, 0.717) is 18.7 Å². The summed E-state index contributed by atoms with van der Waals surface area (Å²) in [5.74, 6) is -1.58. The molecule has 0 saturated carbocycles. The normalized spacial score (nSPS) is 12.8. The van der Waals surface area contributed by atoms with E-state index in [0.717, 1.165) is 12.5 Å². The molecule has 0 amide bonds. The lowest BCUT2D eigenvalue weighted by Gasteiger charge is -2.07. The molecular weight excluding hydrogens is 220 g/mol. The molecule has 0 spiro atoms. The second-order valence-electron chi connectivity index (χ2n) is 3.46. The molecule has 1 nitrogen and oxygen atoms in total. The number of hydrogen-bond donors (Lipinski definition) is 1. The van der Waals surface area contributed by atoms with Crippen LogP contribution in [0.15, 0.2) is 18.2 Å². The number of halogens is 3. The molecule has 0 fully saturated rings. The minimum Gasteiger partial charge on any atom is -0.313 e. The third-order valence-electron chi connectivity index (χ3n) is 2.07. The molecule has 0 radical (unpaired) electrons. The van der Waals surface area contributed by atoms with Crippen LogP contribution in [-0.2, 0) is 6.54 Å². The highest BCUT2D eigenvalue weighted by atomic mass is 35.5. The molecule has 0 bridgehead atoms. The average Bonchev–Trinajstić information content (AvgIpc) is 2.18. The van der Waals surface area contributed by atoms with Crippen LogP contribution in [0.1, 0.15) is 18.9 Å². The van der Waals surface area contributed by atoms with Crippen LogP contribution in [0.2, 0.25) is 0 Å². The molecule has 0 aliphatic carbocycles. The van der Waals surface area contributed by atoms with E-state index >= 15 is 0 Å². The topological polar surface area (TPSA) is 12.0 Å². The molecule has 1 rings (SSSR count). The average molecular weight is 234 g/mol.